The molecule has 49 heavy (non-hydrogen) atoms. The molecule has 1 aromatic carbocycles. The molecule has 1 aliphatic heterocycles. The lowest BCUT2D eigenvalue weighted by atomic mass is 9.81. The monoisotopic (exact) mass is 687 g/mol. The summed E-state index contributed by atoms with van der Waals surface area (Å²) in [5.74, 6) is -3.65. The van der Waals surface area contributed by atoms with Gasteiger partial charge in [0.2, 0.25) is 17.7 Å². The molecule has 2 aromatic rings. The summed E-state index contributed by atoms with van der Waals surface area (Å²) < 4.78 is 43.8. The van der Waals surface area contributed by atoms with Gasteiger partial charge in [-0.2, -0.15) is 13.9 Å². The Bertz CT molecular complexity index is 1550. The maximum Gasteiger partial charge on any atom is 0.270 e. The van der Waals surface area contributed by atoms with Crippen LogP contribution in [0.1, 0.15) is 94.7 Å². The third-order valence-electron chi connectivity index (χ3n) is 9.79. The number of likely N-dealkylation sites (N-methyl/N-ethyl adjacent to an activating group) is 1. The van der Waals surface area contributed by atoms with Crippen LogP contribution in [0.3, 0.4) is 0 Å². The van der Waals surface area contributed by atoms with Crippen molar-refractivity contribution in [3.05, 3.63) is 59.2 Å². The largest absolute Gasteiger partial charge is 0.344 e. The second-order valence-electron chi connectivity index (χ2n) is 13.4. The molecule has 2 heterocycles. The Morgan fingerprint density at radius 3 is 2.31 bits per heavy atom. The number of allylic oxidation sites excluding steroid dienone is 1. The Morgan fingerprint density at radius 1 is 1.02 bits per heavy atom. The smallest absolute Gasteiger partial charge is 0.270 e. The number of halogens is 3. The SMILES string of the molecule is CCC(=O)N[C@@H](C(=O)N1CCN(C)[C@H](C)C1)[C@@H](C)c1ccc(NC(=O)C(NC(=O)c2ccnn2C(C)C)C2CCC(=C(F)F)CC2)c(F)c1. The molecule has 0 spiro atoms. The van der Waals surface area contributed by atoms with Gasteiger partial charge >= 0.3 is 0 Å². The molecule has 268 valence electrons. The Labute approximate surface area is 285 Å². The van der Waals surface area contributed by atoms with Gasteiger partial charge in [0.25, 0.3) is 12.0 Å². The van der Waals surface area contributed by atoms with Gasteiger partial charge in [0, 0.05) is 50.3 Å². The quantitative estimate of drug-likeness (QED) is 0.310. The lowest BCUT2D eigenvalue weighted by Crippen LogP contribution is -2.58. The van der Waals surface area contributed by atoms with Gasteiger partial charge in [-0.1, -0.05) is 19.9 Å². The second-order valence-corrected chi connectivity index (χ2v) is 13.4. The van der Waals surface area contributed by atoms with Crippen LogP contribution in [0.4, 0.5) is 18.9 Å². The van der Waals surface area contributed by atoms with E-state index < -0.39 is 47.6 Å². The van der Waals surface area contributed by atoms with Gasteiger partial charge < -0.3 is 25.8 Å². The standard InChI is InChI=1S/C35H48F3N7O4/c1-7-29(46)41-30(35(49)44-17-16-43(6)21(4)19-44)22(5)25-12-13-27(26(36)18-25)40-34(48)31(23-8-10-24(11-9-23)32(37)38)42-33(47)28-14-15-39-45(28)20(2)3/h12-15,18,20-23,30-31H,7-11,16-17,19H2,1-6H3,(H,40,48)(H,41,46)(H,42,47)/t21-,22+,30-,31?/m1/s1. The summed E-state index contributed by atoms with van der Waals surface area (Å²) in [6, 6.07) is 3.65. The molecule has 14 heteroatoms. The van der Waals surface area contributed by atoms with Crippen molar-refractivity contribution in [1.29, 1.82) is 0 Å². The molecule has 1 saturated carbocycles. The van der Waals surface area contributed by atoms with Crippen LogP contribution in [0.15, 0.2) is 42.1 Å². The van der Waals surface area contributed by atoms with Crippen LogP contribution < -0.4 is 16.0 Å². The molecule has 2 fully saturated rings. The lowest BCUT2D eigenvalue weighted by Gasteiger charge is -2.40. The first-order chi connectivity index (χ1) is 23.2. The highest BCUT2D eigenvalue weighted by molar-refractivity contribution is 6.00. The van der Waals surface area contributed by atoms with Crippen LogP contribution in [0.2, 0.25) is 0 Å². The molecule has 2 aliphatic rings. The first kappa shape index (κ1) is 37.6. The van der Waals surface area contributed by atoms with Crippen molar-refractivity contribution in [1.82, 2.24) is 30.2 Å². The van der Waals surface area contributed by atoms with Crippen molar-refractivity contribution >= 4 is 29.3 Å². The average Bonchev–Trinajstić information content (AvgIpc) is 3.58. The number of hydrogen-bond donors (Lipinski definition) is 3. The number of nitrogens with zero attached hydrogens (tertiary/aromatic N) is 4. The van der Waals surface area contributed by atoms with E-state index in [2.05, 4.69) is 25.9 Å². The normalized spacial score (nSPS) is 20.4. The van der Waals surface area contributed by atoms with Crippen molar-refractivity contribution < 1.29 is 32.3 Å². The van der Waals surface area contributed by atoms with Crippen LogP contribution in [0.5, 0.6) is 0 Å². The van der Waals surface area contributed by atoms with Crippen LogP contribution in [0.25, 0.3) is 0 Å². The van der Waals surface area contributed by atoms with E-state index in [-0.39, 0.29) is 73.0 Å². The number of aromatic nitrogens is 2. The number of amides is 4. The number of nitrogens with one attached hydrogen (secondary N) is 3. The highest BCUT2D eigenvalue weighted by atomic mass is 19.3. The Morgan fingerprint density at radius 2 is 1.71 bits per heavy atom. The third kappa shape index (κ3) is 9.08. The van der Waals surface area contributed by atoms with E-state index in [0.29, 0.717) is 25.2 Å². The number of anilines is 1. The molecule has 3 N–H and O–H groups in total. The molecule has 4 atom stereocenters. The number of carbonyl (C=O) groups excluding carboxylic acids is 4. The summed E-state index contributed by atoms with van der Waals surface area (Å²) in [7, 11) is 1.99. The molecular formula is C35H48F3N7O4. The molecule has 0 radical (unpaired) electrons. The van der Waals surface area contributed by atoms with E-state index in [1.807, 2.05) is 27.8 Å². The van der Waals surface area contributed by atoms with E-state index in [9.17, 15) is 28.0 Å². The third-order valence-corrected chi connectivity index (χ3v) is 9.79. The highest BCUT2D eigenvalue weighted by Crippen LogP contribution is 2.34. The maximum absolute atomic E-state index is 15.7. The molecule has 1 unspecified atom stereocenters. The van der Waals surface area contributed by atoms with Crippen LogP contribution in [-0.4, -0.2) is 88.0 Å². The first-order valence-electron chi connectivity index (χ1n) is 17.0. The minimum atomic E-state index is -1.72. The van der Waals surface area contributed by atoms with Crippen molar-refractivity contribution in [3.8, 4) is 0 Å². The van der Waals surface area contributed by atoms with Gasteiger partial charge in [0.1, 0.15) is 23.6 Å². The molecule has 4 amide bonds. The van der Waals surface area contributed by atoms with Crippen LogP contribution in [-0.2, 0) is 14.4 Å². The molecular weight excluding hydrogens is 639 g/mol. The molecule has 11 nitrogen and oxygen atoms in total. The Hall–Kier alpha value is -4.20. The number of carbonyl (C=O) groups is 4. The van der Waals surface area contributed by atoms with E-state index >= 15 is 4.39 Å². The van der Waals surface area contributed by atoms with E-state index in [1.54, 1.807) is 24.8 Å². The predicted octanol–water partition coefficient (Wildman–Crippen LogP) is 4.84. The second kappa shape index (κ2) is 16.5. The maximum atomic E-state index is 15.7. The molecule has 1 aliphatic carbocycles. The Kier molecular flexibility index (Phi) is 12.6. The van der Waals surface area contributed by atoms with Crippen molar-refractivity contribution in [3.63, 3.8) is 0 Å². The number of benzene rings is 1. The van der Waals surface area contributed by atoms with Gasteiger partial charge in [-0.15, -0.1) is 0 Å². The minimum Gasteiger partial charge on any atom is -0.344 e. The fourth-order valence-electron chi connectivity index (χ4n) is 6.47. The summed E-state index contributed by atoms with van der Waals surface area (Å²) in [5.41, 5.74) is 0.560. The Balaban J connectivity index is 1.55. The van der Waals surface area contributed by atoms with Crippen molar-refractivity contribution in [2.45, 2.75) is 96.8 Å². The number of piperazine rings is 1. The van der Waals surface area contributed by atoms with E-state index in [1.165, 1.54) is 29.1 Å². The van der Waals surface area contributed by atoms with Crippen LogP contribution in [0, 0.1) is 11.7 Å². The lowest BCUT2D eigenvalue weighted by molar-refractivity contribution is -0.139. The van der Waals surface area contributed by atoms with Gasteiger partial charge in [-0.25, -0.2) is 4.39 Å². The molecule has 0 bridgehead atoms. The minimum absolute atomic E-state index is 0.0319. The van der Waals surface area contributed by atoms with Gasteiger partial charge in [0.15, 0.2) is 0 Å². The first-order valence-corrected chi connectivity index (χ1v) is 17.0. The van der Waals surface area contributed by atoms with Crippen molar-refractivity contribution in [2.75, 3.05) is 32.0 Å². The number of hydrogen-bond acceptors (Lipinski definition) is 6. The van der Waals surface area contributed by atoms with Gasteiger partial charge in [-0.05, 0) is 88.8 Å². The molecule has 1 saturated heterocycles. The summed E-state index contributed by atoms with van der Waals surface area (Å²) in [6.45, 7) is 10.8. The summed E-state index contributed by atoms with van der Waals surface area (Å²) >= 11 is 0. The van der Waals surface area contributed by atoms with E-state index in [4.69, 9.17) is 0 Å². The molecule has 1 aromatic heterocycles. The fraction of sp³-hybridized carbons (Fsp3) is 0.571. The van der Waals surface area contributed by atoms with Crippen molar-refractivity contribution in [2.24, 2.45) is 5.92 Å². The zero-order chi connectivity index (χ0) is 36.0. The zero-order valence-corrected chi connectivity index (χ0v) is 29.1. The highest BCUT2D eigenvalue weighted by Gasteiger charge is 2.36. The van der Waals surface area contributed by atoms with Gasteiger partial charge in [0.05, 0.1) is 5.69 Å². The van der Waals surface area contributed by atoms with Crippen LogP contribution >= 0.6 is 0 Å². The summed E-state index contributed by atoms with van der Waals surface area (Å²) in [6.07, 6.45) is 0.556. The van der Waals surface area contributed by atoms with Gasteiger partial charge in [-0.3, -0.25) is 23.9 Å². The summed E-state index contributed by atoms with van der Waals surface area (Å²) in [5, 5.41) is 12.4. The topological polar surface area (TPSA) is 129 Å². The zero-order valence-electron chi connectivity index (χ0n) is 29.1. The van der Waals surface area contributed by atoms with E-state index in [0.717, 1.165) is 0 Å². The average molecular weight is 688 g/mol. The summed E-state index contributed by atoms with van der Waals surface area (Å²) in [4.78, 5) is 57.1. The number of rotatable bonds is 11. The predicted molar refractivity (Wildman–Crippen MR) is 179 cm³/mol. The molecule has 4 rings (SSSR count). The fourth-order valence-corrected chi connectivity index (χ4v) is 6.47.